The van der Waals surface area contributed by atoms with Gasteiger partial charge in [0.15, 0.2) is 0 Å². The zero-order valence-electron chi connectivity index (χ0n) is 14.2. The molecule has 5 aliphatic rings. The van der Waals surface area contributed by atoms with Crippen LogP contribution in [-0.2, 0) is 4.79 Å². The van der Waals surface area contributed by atoms with E-state index >= 15 is 0 Å². The Bertz CT molecular complexity index is 392. The topological polar surface area (TPSA) is 32.3 Å². The molecule has 124 valence electrons. The number of rotatable bonds is 4. The van der Waals surface area contributed by atoms with Gasteiger partial charge >= 0.3 is 0 Å². The Morgan fingerprint density at radius 3 is 2.14 bits per heavy atom. The van der Waals surface area contributed by atoms with E-state index in [4.69, 9.17) is 0 Å². The largest absolute Gasteiger partial charge is 0.352 e. The van der Waals surface area contributed by atoms with Crippen molar-refractivity contribution in [3.8, 4) is 0 Å². The zero-order valence-corrected chi connectivity index (χ0v) is 14.2. The lowest BCUT2D eigenvalue weighted by molar-refractivity contribution is -0.127. The first kappa shape index (κ1) is 15.0. The summed E-state index contributed by atoms with van der Waals surface area (Å²) in [6.45, 7) is 5.14. The van der Waals surface area contributed by atoms with Crippen LogP contribution in [0.4, 0.5) is 0 Å². The van der Waals surface area contributed by atoms with Crippen molar-refractivity contribution in [1.29, 1.82) is 0 Å². The maximum Gasteiger partial charge on any atom is 0.234 e. The molecule has 5 rings (SSSR count). The third kappa shape index (κ3) is 2.81. The van der Waals surface area contributed by atoms with E-state index in [0.717, 1.165) is 30.8 Å². The van der Waals surface area contributed by atoms with Gasteiger partial charge in [0.25, 0.3) is 0 Å². The number of carbonyl (C=O) groups is 1. The highest BCUT2D eigenvalue weighted by molar-refractivity contribution is 5.78. The van der Waals surface area contributed by atoms with Crippen LogP contribution in [0, 0.1) is 23.2 Å². The van der Waals surface area contributed by atoms with Crippen LogP contribution in [0.5, 0.6) is 0 Å². The van der Waals surface area contributed by atoms with Gasteiger partial charge in [0.05, 0.1) is 6.54 Å². The van der Waals surface area contributed by atoms with Gasteiger partial charge in [-0.15, -0.1) is 0 Å². The van der Waals surface area contributed by atoms with E-state index in [1.807, 2.05) is 0 Å². The molecule has 1 saturated heterocycles. The third-order valence-corrected chi connectivity index (χ3v) is 7.20. The van der Waals surface area contributed by atoms with Crippen LogP contribution in [0.2, 0.25) is 0 Å². The minimum Gasteiger partial charge on any atom is -0.352 e. The summed E-state index contributed by atoms with van der Waals surface area (Å²) in [6.07, 6.45) is 12.4. The van der Waals surface area contributed by atoms with E-state index in [9.17, 15) is 4.79 Å². The quantitative estimate of drug-likeness (QED) is 0.865. The van der Waals surface area contributed by atoms with Gasteiger partial charge in [0.1, 0.15) is 0 Å². The third-order valence-electron chi connectivity index (χ3n) is 7.20. The lowest BCUT2D eigenvalue weighted by Gasteiger charge is -2.59. The average Bonchev–Trinajstić information content (AvgIpc) is 2.46. The lowest BCUT2D eigenvalue weighted by atomic mass is 9.48. The Hall–Kier alpha value is -0.570. The maximum absolute atomic E-state index is 12.5. The summed E-state index contributed by atoms with van der Waals surface area (Å²) in [6, 6.07) is 0.373. The molecule has 5 fully saturated rings. The summed E-state index contributed by atoms with van der Waals surface area (Å²) >= 11 is 0. The molecule has 0 radical (unpaired) electrons. The Kier molecular flexibility index (Phi) is 3.96. The van der Waals surface area contributed by atoms with Gasteiger partial charge < -0.3 is 5.32 Å². The molecule has 4 bridgehead atoms. The number of likely N-dealkylation sites (tertiary alicyclic amines) is 1. The first-order valence-corrected chi connectivity index (χ1v) is 9.65. The van der Waals surface area contributed by atoms with E-state index in [0.29, 0.717) is 18.0 Å². The number of hydrogen-bond donors (Lipinski definition) is 1. The first-order valence-electron chi connectivity index (χ1n) is 9.65. The summed E-state index contributed by atoms with van der Waals surface area (Å²) in [5, 5.41) is 3.40. The molecule has 4 saturated carbocycles. The van der Waals surface area contributed by atoms with Gasteiger partial charge in [0.2, 0.25) is 5.91 Å². The fourth-order valence-electron chi connectivity index (χ4n) is 6.47. The van der Waals surface area contributed by atoms with E-state index < -0.39 is 0 Å². The van der Waals surface area contributed by atoms with Gasteiger partial charge in [0, 0.05) is 6.04 Å². The number of amides is 1. The number of carbonyl (C=O) groups excluding carboxylic acids is 1. The van der Waals surface area contributed by atoms with Gasteiger partial charge in [-0.2, -0.15) is 0 Å². The molecule has 1 heterocycles. The fraction of sp³-hybridized carbons (Fsp3) is 0.947. The van der Waals surface area contributed by atoms with Gasteiger partial charge in [-0.1, -0.05) is 6.42 Å². The highest BCUT2D eigenvalue weighted by atomic mass is 16.2. The summed E-state index contributed by atoms with van der Waals surface area (Å²) in [4.78, 5) is 14.8. The molecular formula is C19H32N2O. The Labute approximate surface area is 135 Å². The van der Waals surface area contributed by atoms with Crippen molar-refractivity contribution in [3.63, 3.8) is 0 Å². The molecule has 3 heteroatoms. The van der Waals surface area contributed by atoms with Crippen molar-refractivity contribution in [2.75, 3.05) is 19.6 Å². The fourth-order valence-corrected chi connectivity index (χ4v) is 6.47. The summed E-state index contributed by atoms with van der Waals surface area (Å²) in [5.41, 5.74) is 0.437. The van der Waals surface area contributed by atoms with Gasteiger partial charge in [-0.3, -0.25) is 9.69 Å². The first-order chi connectivity index (χ1) is 10.6. The van der Waals surface area contributed by atoms with Crippen LogP contribution in [-0.4, -0.2) is 36.5 Å². The van der Waals surface area contributed by atoms with E-state index in [-0.39, 0.29) is 5.91 Å². The molecule has 0 aromatic rings. The van der Waals surface area contributed by atoms with Gasteiger partial charge in [-0.05, 0) is 94.5 Å². The minimum atomic E-state index is 0.269. The molecule has 3 nitrogen and oxygen atoms in total. The standard InChI is InChI=1S/C19H32N2O/c1-14(20-18(22)13-21-5-3-2-4-6-21)19-10-15-7-16(11-19)9-17(8-15)12-19/h14-17H,2-13H2,1H3,(H,20,22). The molecular weight excluding hydrogens is 272 g/mol. The predicted molar refractivity (Wildman–Crippen MR) is 88.5 cm³/mol. The summed E-state index contributed by atoms with van der Waals surface area (Å²) < 4.78 is 0. The van der Waals surface area contributed by atoms with E-state index in [2.05, 4.69) is 17.1 Å². The molecule has 22 heavy (non-hydrogen) atoms. The van der Waals surface area contributed by atoms with Crippen LogP contribution in [0.15, 0.2) is 0 Å². The molecule has 1 atom stereocenters. The van der Waals surface area contributed by atoms with Gasteiger partial charge in [-0.25, -0.2) is 0 Å². The van der Waals surface area contributed by atoms with Crippen molar-refractivity contribution in [2.24, 2.45) is 23.2 Å². The number of nitrogens with one attached hydrogen (secondary N) is 1. The molecule has 0 aromatic heterocycles. The van der Waals surface area contributed by atoms with Crippen molar-refractivity contribution >= 4 is 5.91 Å². The molecule has 0 spiro atoms. The monoisotopic (exact) mass is 304 g/mol. The van der Waals surface area contributed by atoms with Crippen LogP contribution < -0.4 is 5.32 Å². The van der Waals surface area contributed by atoms with Crippen LogP contribution in [0.3, 0.4) is 0 Å². The van der Waals surface area contributed by atoms with E-state index in [1.165, 1.54) is 57.8 Å². The molecule has 1 amide bonds. The molecule has 0 aromatic carbocycles. The predicted octanol–water partition coefficient (Wildman–Crippen LogP) is 3.19. The SMILES string of the molecule is CC(NC(=O)CN1CCCCC1)C12CC3CC(CC(C3)C1)C2. The Morgan fingerprint density at radius 2 is 1.59 bits per heavy atom. The summed E-state index contributed by atoms with van der Waals surface area (Å²) in [7, 11) is 0. The normalized spacial score (nSPS) is 42.3. The van der Waals surface area contributed by atoms with Crippen LogP contribution in [0.1, 0.15) is 64.7 Å². The molecule has 1 N–H and O–H groups in total. The number of hydrogen-bond acceptors (Lipinski definition) is 2. The second kappa shape index (κ2) is 5.81. The summed E-state index contributed by atoms with van der Waals surface area (Å²) in [5.74, 6) is 3.17. The number of piperidine rings is 1. The van der Waals surface area contributed by atoms with E-state index in [1.54, 1.807) is 0 Å². The van der Waals surface area contributed by atoms with Crippen LogP contribution in [0.25, 0.3) is 0 Å². The second-order valence-corrected chi connectivity index (χ2v) is 8.91. The maximum atomic E-state index is 12.5. The molecule has 4 aliphatic carbocycles. The van der Waals surface area contributed by atoms with Crippen molar-refractivity contribution in [1.82, 2.24) is 10.2 Å². The van der Waals surface area contributed by atoms with Crippen LogP contribution >= 0.6 is 0 Å². The van der Waals surface area contributed by atoms with Crippen molar-refractivity contribution in [2.45, 2.75) is 70.8 Å². The Morgan fingerprint density at radius 1 is 1.05 bits per heavy atom. The lowest BCUT2D eigenvalue weighted by Crippen LogP contribution is -2.56. The van der Waals surface area contributed by atoms with Crippen molar-refractivity contribution < 1.29 is 4.79 Å². The highest BCUT2D eigenvalue weighted by Crippen LogP contribution is 2.61. The number of nitrogens with zero attached hydrogens (tertiary/aromatic N) is 1. The Balaban J connectivity index is 1.35. The second-order valence-electron chi connectivity index (χ2n) is 8.91. The molecule has 1 unspecified atom stereocenters. The average molecular weight is 304 g/mol. The molecule has 1 aliphatic heterocycles. The zero-order chi connectivity index (χ0) is 15.2. The highest BCUT2D eigenvalue weighted by Gasteiger charge is 2.53. The smallest absolute Gasteiger partial charge is 0.234 e. The minimum absolute atomic E-state index is 0.269. The van der Waals surface area contributed by atoms with Crippen molar-refractivity contribution in [3.05, 3.63) is 0 Å².